The van der Waals surface area contributed by atoms with Gasteiger partial charge in [0.05, 0.1) is 0 Å². The van der Waals surface area contributed by atoms with E-state index < -0.39 is 0 Å². The fraction of sp³-hybridized carbons (Fsp3) is 0.857. The lowest BCUT2D eigenvalue weighted by atomic mass is 9.55. The first-order chi connectivity index (χ1) is 10.9. The van der Waals surface area contributed by atoms with E-state index in [0.717, 1.165) is 18.3 Å². The zero-order valence-corrected chi connectivity index (χ0v) is 15.5. The Labute approximate surface area is 142 Å². The van der Waals surface area contributed by atoms with Gasteiger partial charge in [-0.25, -0.2) is 0 Å². The van der Waals surface area contributed by atoms with Gasteiger partial charge in [-0.15, -0.1) is 0 Å². The van der Waals surface area contributed by atoms with E-state index in [9.17, 15) is 4.79 Å². The average molecular weight is 319 g/mol. The van der Waals surface area contributed by atoms with Gasteiger partial charge in [0.1, 0.15) is 6.10 Å². The Bertz CT molecular complexity index is 494. The van der Waals surface area contributed by atoms with Gasteiger partial charge in [0.2, 0.25) is 0 Å². The molecule has 2 fully saturated rings. The molecule has 130 valence electrons. The fourth-order valence-corrected chi connectivity index (χ4v) is 6.10. The average Bonchev–Trinajstić information content (AvgIpc) is 2.83. The summed E-state index contributed by atoms with van der Waals surface area (Å²) in [5.74, 6) is 1.46. The van der Waals surface area contributed by atoms with Crippen LogP contribution in [0.5, 0.6) is 0 Å². The van der Waals surface area contributed by atoms with E-state index in [1.54, 1.807) is 12.5 Å². The third-order valence-electron chi connectivity index (χ3n) is 7.66. The van der Waals surface area contributed by atoms with Crippen molar-refractivity contribution < 1.29 is 9.53 Å². The topological polar surface area (TPSA) is 26.3 Å². The van der Waals surface area contributed by atoms with E-state index in [2.05, 4.69) is 26.8 Å². The third kappa shape index (κ3) is 2.87. The van der Waals surface area contributed by atoms with E-state index in [1.807, 2.05) is 0 Å². The van der Waals surface area contributed by atoms with Gasteiger partial charge >= 0.3 is 5.97 Å². The largest absolute Gasteiger partial charge is 0.462 e. The molecule has 3 rings (SSSR count). The Kier molecular flexibility index (Phi) is 4.64. The molecule has 2 nitrogen and oxygen atoms in total. The second-order valence-corrected chi connectivity index (χ2v) is 8.74. The number of ether oxygens (including phenoxy) is 1. The van der Waals surface area contributed by atoms with Crippen molar-refractivity contribution in [1.29, 1.82) is 0 Å². The van der Waals surface area contributed by atoms with Gasteiger partial charge in [-0.1, -0.05) is 32.4 Å². The van der Waals surface area contributed by atoms with Gasteiger partial charge in [0.25, 0.3) is 0 Å². The van der Waals surface area contributed by atoms with Crippen LogP contribution in [0.2, 0.25) is 0 Å². The highest BCUT2D eigenvalue weighted by atomic mass is 16.5. The summed E-state index contributed by atoms with van der Waals surface area (Å²) < 4.78 is 5.68. The molecule has 23 heavy (non-hydrogen) atoms. The number of allylic oxidation sites excluding steroid dienone is 2. The maximum atomic E-state index is 11.4. The van der Waals surface area contributed by atoms with Crippen molar-refractivity contribution in [3.05, 3.63) is 11.6 Å². The standard InChI is InChI=1S/C21H34O2/c1-5-16-8-6-7-12-20(16,3)18-11-13-21(4)17(14-18)9-10-19(21)23-15(2)22/h8,17-19H,5-7,9-14H2,1-4H3. The van der Waals surface area contributed by atoms with E-state index >= 15 is 0 Å². The van der Waals surface area contributed by atoms with Crippen LogP contribution in [0.3, 0.4) is 0 Å². The van der Waals surface area contributed by atoms with Crippen molar-refractivity contribution in [2.75, 3.05) is 0 Å². The molecule has 0 saturated heterocycles. The molecule has 0 aromatic heterocycles. The molecular formula is C21H34O2. The van der Waals surface area contributed by atoms with Crippen molar-refractivity contribution >= 4 is 5.97 Å². The monoisotopic (exact) mass is 318 g/mol. The maximum Gasteiger partial charge on any atom is 0.302 e. The molecule has 0 radical (unpaired) electrons. The molecule has 0 spiro atoms. The van der Waals surface area contributed by atoms with Crippen molar-refractivity contribution in [3.63, 3.8) is 0 Å². The first-order valence-electron chi connectivity index (χ1n) is 9.77. The van der Waals surface area contributed by atoms with Crippen LogP contribution < -0.4 is 0 Å². The van der Waals surface area contributed by atoms with Gasteiger partial charge in [0.15, 0.2) is 0 Å². The molecule has 0 aliphatic heterocycles. The summed E-state index contributed by atoms with van der Waals surface area (Å²) >= 11 is 0. The van der Waals surface area contributed by atoms with Crippen molar-refractivity contribution in [2.24, 2.45) is 22.7 Å². The van der Waals surface area contributed by atoms with E-state index in [4.69, 9.17) is 4.74 Å². The molecule has 0 N–H and O–H groups in total. The van der Waals surface area contributed by atoms with E-state index in [0.29, 0.717) is 5.41 Å². The summed E-state index contributed by atoms with van der Waals surface area (Å²) in [6.07, 6.45) is 14.1. The van der Waals surface area contributed by atoms with Crippen LogP contribution in [-0.4, -0.2) is 12.1 Å². The zero-order valence-electron chi connectivity index (χ0n) is 15.5. The highest BCUT2D eigenvalue weighted by Gasteiger charge is 2.53. The van der Waals surface area contributed by atoms with Crippen LogP contribution in [0.4, 0.5) is 0 Å². The number of hydrogen-bond donors (Lipinski definition) is 0. The highest BCUT2D eigenvalue weighted by molar-refractivity contribution is 5.66. The molecule has 3 aliphatic rings. The van der Waals surface area contributed by atoms with Gasteiger partial charge in [-0.05, 0) is 75.0 Å². The van der Waals surface area contributed by atoms with Crippen LogP contribution in [0.1, 0.15) is 85.5 Å². The number of hydrogen-bond acceptors (Lipinski definition) is 2. The molecule has 5 unspecified atom stereocenters. The third-order valence-corrected chi connectivity index (χ3v) is 7.66. The Morgan fingerprint density at radius 1 is 1.22 bits per heavy atom. The lowest BCUT2D eigenvalue weighted by Crippen LogP contribution is -2.43. The van der Waals surface area contributed by atoms with Crippen molar-refractivity contribution in [3.8, 4) is 0 Å². The lowest BCUT2D eigenvalue weighted by Gasteiger charge is -2.50. The second-order valence-electron chi connectivity index (χ2n) is 8.74. The molecule has 0 amide bonds. The quantitative estimate of drug-likeness (QED) is 0.495. The Morgan fingerprint density at radius 2 is 2.00 bits per heavy atom. The summed E-state index contributed by atoms with van der Waals surface area (Å²) in [7, 11) is 0. The number of fused-ring (bicyclic) bond motifs is 1. The van der Waals surface area contributed by atoms with Crippen LogP contribution in [-0.2, 0) is 9.53 Å². The predicted octanol–water partition coefficient (Wildman–Crippen LogP) is 5.66. The van der Waals surface area contributed by atoms with Gasteiger partial charge in [-0.2, -0.15) is 0 Å². The summed E-state index contributed by atoms with van der Waals surface area (Å²) in [4.78, 5) is 11.4. The van der Waals surface area contributed by atoms with Gasteiger partial charge in [-0.3, -0.25) is 4.79 Å². The molecular weight excluding hydrogens is 284 g/mol. The minimum atomic E-state index is -0.102. The van der Waals surface area contributed by atoms with Gasteiger partial charge in [0, 0.05) is 12.3 Å². The minimum absolute atomic E-state index is 0.102. The van der Waals surface area contributed by atoms with Crippen molar-refractivity contribution in [2.45, 2.75) is 91.6 Å². The van der Waals surface area contributed by atoms with Crippen LogP contribution in [0.15, 0.2) is 11.6 Å². The summed E-state index contributed by atoms with van der Waals surface area (Å²) in [6, 6.07) is 0. The van der Waals surface area contributed by atoms with Crippen molar-refractivity contribution in [1.82, 2.24) is 0 Å². The normalized spacial score (nSPS) is 43.7. The molecule has 0 aromatic carbocycles. The zero-order chi connectivity index (χ0) is 16.7. The van der Waals surface area contributed by atoms with E-state index in [1.165, 1.54) is 51.4 Å². The second kappa shape index (κ2) is 6.26. The summed E-state index contributed by atoms with van der Waals surface area (Å²) in [5, 5.41) is 0. The van der Waals surface area contributed by atoms with Gasteiger partial charge < -0.3 is 4.74 Å². The van der Waals surface area contributed by atoms with Crippen LogP contribution in [0, 0.1) is 22.7 Å². The summed E-state index contributed by atoms with van der Waals surface area (Å²) in [6.45, 7) is 8.81. The van der Waals surface area contributed by atoms with Crippen LogP contribution in [0.25, 0.3) is 0 Å². The lowest BCUT2D eigenvalue weighted by molar-refractivity contribution is -0.154. The Morgan fingerprint density at radius 3 is 2.70 bits per heavy atom. The molecule has 2 saturated carbocycles. The molecule has 5 atom stereocenters. The van der Waals surface area contributed by atoms with E-state index in [-0.39, 0.29) is 17.5 Å². The number of carbonyl (C=O) groups excluding carboxylic acids is 1. The fourth-order valence-electron chi connectivity index (χ4n) is 6.10. The molecule has 3 aliphatic carbocycles. The molecule has 0 aromatic rings. The SMILES string of the molecule is CCC1=CCCCC1(C)C1CCC2(C)C(CCC2OC(C)=O)C1. The molecule has 2 heteroatoms. The first-order valence-corrected chi connectivity index (χ1v) is 9.77. The Balaban J connectivity index is 1.75. The van der Waals surface area contributed by atoms with Crippen LogP contribution >= 0.6 is 0 Å². The smallest absolute Gasteiger partial charge is 0.302 e. The number of rotatable bonds is 3. The Hall–Kier alpha value is -0.790. The first kappa shape index (κ1) is 17.0. The highest BCUT2D eigenvalue weighted by Crippen LogP contribution is 2.60. The summed E-state index contributed by atoms with van der Waals surface area (Å²) in [5.41, 5.74) is 2.36. The maximum absolute atomic E-state index is 11.4. The predicted molar refractivity (Wildman–Crippen MR) is 94.1 cm³/mol. The molecule has 0 bridgehead atoms. The minimum Gasteiger partial charge on any atom is -0.462 e. The number of carbonyl (C=O) groups is 1. The number of esters is 1. The molecule has 0 heterocycles.